The zero-order valence-electron chi connectivity index (χ0n) is 11.9. The predicted molar refractivity (Wildman–Crippen MR) is 77.7 cm³/mol. The molecule has 1 heterocycles. The van der Waals surface area contributed by atoms with Gasteiger partial charge in [0.15, 0.2) is 6.61 Å². The van der Waals surface area contributed by atoms with Gasteiger partial charge in [-0.25, -0.2) is 0 Å². The molecule has 0 aliphatic carbocycles. The summed E-state index contributed by atoms with van der Waals surface area (Å²) in [6.45, 7) is 1.93. The highest BCUT2D eigenvalue weighted by atomic mass is 16.5. The maximum absolute atomic E-state index is 9.94. The maximum atomic E-state index is 9.94. The Morgan fingerprint density at radius 2 is 2.05 bits per heavy atom. The van der Waals surface area contributed by atoms with E-state index in [1.165, 1.54) is 4.80 Å². The van der Waals surface area contributed by atoms with Crippen molar-refractivity contribution >= 4 is 10.8 Å². The van der Waals surface area contributed by atoms with E-state index < -0.39 is 6.10 Å². The largest absolute Gasteiger partial charge is 0.484 e. The third kappa shape index (κ3) is 2.71. The summed E-state index contributed by atoms with van der Waals surface area (Å²) in [4.78, 5) is 1.39. The van der Waals surface area contributed by atoms with E-state index in [2.05, 4.69) is 15.4 Å². The average molecular weight is 284 g/mol. The third-order valence-electron chi connectivity index (χ3n) is 3.26. The van der Waals surface area contributed by atoms with Crippen molar-refractivity contribution in [3.05, 3.63) is 47.8 Å². The number of hydrogen-bond acceptors (Lipinski definition) is 5. The van der Waals surface area contributed by atoms with Crippen LogP contribution in [0.2, 0.25) is 0 Å². The molecule has 0 saturated heterocycles. The standard InChI is InChI=1S/C15H16N4O2/c1-10(20)12-8-7-11-5-3-4-6-13(11)15(12)21-9-14-16-18-19(2)17-14/h3-8,10,20H,9H2,1-2H3. The van der Waals surface area contributed by atoms with E-state index in [0.29, 0.717) is 11.6 Å². The quantitative estimate of drug-likeness (QED) is 0.793. The molecule has 0 amide bonds. The van der Waals surface area contributed by atoms with Gasteiger partial charge in [-0.3, -0.25) is 0 Å². The summed E-state index contributed by atoms with van der Waals surface area (Å²) >= 11 is 0. The van der Waals surface area contributed by atoms with Gasteiger partial charge in [-0.05, 0) is 17.5 Å². The van der Waals surface area contributed by atoms with Crippen LogP contribution < -0.4 is 4.74 Å². The van der Waals surface area contributed by atoms with E-state index in [4.69, 9.17) is 4.74 Å². The van der Waals surface area contributed by atoms with Crippen molar-refractivity contribution < 1.29 is 9.84 Å². The fourth-order valence-electron chi connectivity index (χ4n) is 2.27. The van der Waals surface area contributed by atoms with Gasteiger partial charge in [-0.1, -0.05) is 36.4 Å². The van der Waals surface area contributed by atoms with Crippen LogP contribution in [0.3, 0.4) is 0 Å². The Morgan fingerprint density at radius 3 is 2.76 bits per heavy atom. The van der Waals surface area contributed by atoms with Gasteiger partial charge in [0.2, 0.25) is 5.82 Å². The average Bonchev–Trinajstić information content (AvgIpc) is 2.90. The molecule has 1 N–H and O–H groups in total. The molecule has 6 heteroatoms. The zero-order chi connectivity index (χ0) is 14.8. The number of nitrogens with zero attached hydrogens (tertiary/aromatic N) is 4. The number of benzene rings is 2. The molecule has 0 bridgehead atoms. The second-order valence-electron chi connectivity index (χ2n) is 4.86. The van der Waals surface area contributed by atoms with Gasteiger partial charge in [-0.2, -0.15) is 4.80 Å². The van der Waals surface area contributed by atoms with Crippen molar-refractivity contribution in [2.75, 3.05) is 0 Å². The minimum absolute atomic E-state index is 0.210. The molecular formula is C15H16N4O2. The van der Waals surface area contributed by atoms with Crippen LogP contribution in [0.1, 0.15) is 24.4 Å². The molecule has 1 aromatic heterocycles. The Balaban J connectivity index is 1.99. The van der Waals surface area contributed by atoms with Gasteiger partial charge in [0.1, 0.15) is 5.75 Å². The summed E-state index contributed by atoms with van der Waals surface area (Å²) in [5.41, 5.74) is 0.748. The molecule has 0 fully saturated rings. The lowest BCUT2D eigenvalue weighted by molar-refractivity contribution is 0.190. The highest BCUT2D eigenvalue weighted by molar-refractivity contribution is 5.89. The number of hydrogen-bond donors (Lipinski definition) is 1. The third-order valence-corrected chi connectivity index (χ3v) is 3.26. The first-order valence-corrected chi connectivity index (χ1v) is 6.70. The van der Waals surface area contributed by atoms with Crippen molar-refractivity contribution in [3.8, 4) is 5.75 Å². The number of aryl methyl sites for hydroxylation is 1. The van der Waals surface area contributed by atoms with Crippen molar-refractivity contribution in [1.82, 2.24) is 20.2 Å². The molecule has 0 aliphatic rings. The smallest absolute Gasteiger partial charge is 0.212 e. The molecule has 3 aromatic rings. The predicted octanol–water partition coefficient (Wildman–Crippen LogP) is 2.00. The highest BCUT2D eigenvalue weighted by Crippen LogP contribution is 2.33. The van der Waals surface area contributed by atoms with E-state index in [9.17, 15) is 5.11 Å². The number of aromatic nitrogens is 4. The van der Waals surface area contributed by atoms with E-state index in [1.54, 1.807) is 14.0 Å². The molecular weight excluding hydrogens is 268 g/mol. The van der Waals surface area contributed by atoms with E-state index in [0.717, 1.165) is 16.3 Å². The minimum Gasteiger partial charge on any atom is -0.484 e. The summed E-state index contributed by atoms with van der Waals surface area (Å²) < 4.78 is 5.87. The minimum atomic E-state index is -0.612. The van der Waals surface area contributed by atoms with Crippen LogP contribution >= 0.6 is 0 Å². The van der Waals surface area contributed by atoms with E-state index in [1.807, 2.05) is 36.4 Å². The van der Waals surface area contributed by atoms with Crippen molar-refractivity contribution in [3.63, 3.8) is 0 Å². The van der Waals surface area contributed by atoms with Crippen molar-refractivity contribution in [1.29, 1.82) is 0 Å². The molecule has 0 saturated carbocycles. The number of tetrazole rings is 1. The Morgan fingerprint density at radius 1 is 1.24 bits per heavy atom. The van der Waals surface area contributed by atoms with Crippen LogP contribution in [0.15, 0.2) is 36.4 Å². The molecule has 108 valence electrons. The molecule has 6 nitrogen and oxygen atoms in total. The van der Waals surface area contributed by atoms with E-state index >= 15 is 0 Å². The number of rotatable bonds is 4. The Labute approximate surface area is 122 Å². The molecule has 2 aromatic carbocycles. The molecule has 0 radical (unpaired) electrons. The molecule has 1 unspecified atom stereocenters. The van der Waals surface area contributed by atoms with Crippen LogP contribution in [0.5, 0.6) is 5.75 Å². The molecule has 0 aliphatic heterocycles. The molecule has 3 rings (SSSR count). The van der Waals surface area contributed by atoms with Gasteiger partial charge in [0.25, 0.3) is 0 Å². The summed E-state index contributed by atoms with van der Waals surface area (Å²) in [6.07, 6.45) is -0.612. The fraction of sp³-hybridized carbons (Fsp3) is 0.267. The Hall–Kier alpha value is -2.47. The lowest BCUT2D eigenvalue weighted by atomic mass is 10.0. The van der Waals surface area contributed by atoms with Crippen LogP contribution in [0.4, 0.5) is 0 Å². The Bertz CT molecular complexity index is 767. The SMILES string of the molecule is CC(O)c1ccc2ccccc2c1OCc1nnn(C)n1. The maximum Gasteiger partial charge on any atom is 0.212 e. The van der Waals surface area contributed by atoms with Gasteiger partial charge in [0, 0.05) is 10.9 Å². The second-order valence-corrected chi connectivity index (χ2v) is 4.86. The number of fused-ring (bicyclic) bond motifs is 1. The van der Waals surface area contributed by atoms with E-state index in [-0.39, 0.29) is 6.61 Å². The van der Waals surface area contributed by atoms with Crippen molar-refractivity contribution in [2.24, 2.45) is 7.05 Å². The highest BCUT2D eigenvalue weighted by Gasteiger charge is 2.14. The summed E-state index contributed by atoms with van der Waals surface area (Å²) in [5.74, 6) is 1.16. The van der Waals surface area contributed by atoms with Crippen LogP contribution in [0, 0.1) is 0 Å². The topological polar surface area (TPSA) is 73.1 Å². The number of aliphatic hydroxyl groups is 1. The normalized spacial score (nSPS) is 12.5. The fourth-order valence-corrected chi connectivity index (χ4v) is 2.27. The summed E-state index contributed by atoms with van der Waals surface area (Å²) in [7, 11) is 1.70. The van der Waals surface area contributed by atoms with Crippen LogP contribution in [0.25, 0.3) is 10.8 Å². The lowest BCUT2D eigenvalue weighted by Gasteiger charge is -2.15. The first-order chi connectivity index (χ1) is 10.1. The molecule has 21 heavy (non-hydrogen) atoms. The second kappa shape index (κ2) is 5.49. The van der Waals surface area contributed by atoms with Gasteiger partial charge < -0.3 is 9.84 Å². The first-order valence-electron chi connectivity index (χ1n) is 6.70. The van der Waals surface area contributed by atoms with Gasteiger partial charge in [-0.15, -0.1) is 10.2 Å². The van der Waals surface area contributed by atoms with Gasteiger partial charge >= 0.3 is 0 Å². The molecule has 0 spiro atoms. The van der Waals surface area contributed by atoms with Crippen molar-refractivity contribution in [2.45, 2.75) is 19.6 Å². The Kier molecular flexibility index (Phi) is 3.53. The zero-order valence-corrected chi connectivity index (χ0v) is 11.9. The molecule has 1 atom stereocenters. The van der Waals surface area contributed by atoms with Crippen LogP contribution in [-0.2, 0) is 13.7 Å². The lowest BCUT2D eigenvalue weighted by Crippen LogP contribution is -2.03. The number of aliphatic hydroxyl groups excluding tert-OH is 1. The summed E-state index contributed by atoms with van der Waals surface area (Å²) in [6, 6.07) is 11.8. The summed E-state index contributed by atoms with van der Waals surface area (Å²) in [5, 5.41) is 23.7. The van der Waals surface area contributed by atoms with Gasteiger partial charge in [0.05, 0.1) is 13.2 Å². The number of ether oxygens (including phenoxy) is 1. The first kappa shape index (κ1) is 13.5. The monoisotopic (exact) mass is 284 g/mol. The van der Waals surface area contributed by atoms with Crippen LogP contribution in [-0.4, -0.2) is 25.3 Å².